The van der Waals surface area contributed by atoms with Crippen LogP contribution in [0.5, 0.6) is 0 Å². The van der Waals surface area contributed by atoms with Crippen molar-refractivity contribution in [3.05, 3.63) is 59.8 Å². The molecule has 0 saturated carbocycles. The van der Waals surface area contributed by atoms with E-state index in [4.69, 9.17) is 0 Å². The molecule has 0 unspecified atom stereocenters. The molecule has 136 valence electrons. The van der Waals surface area contributed by atoms with Crippen LogP contribution in [0.1, 0.15) is 63.5 Å². The highest BCUT2D eigenvalue weighted by molar-refractivity contribution is 5.37. The average Bonchev–Trinajstić information content (AvgIpc) is 2.66. The molecule has 1 aromatic heterocycles. The van der Waals surface area contributed by atoms with Crippen LogP contribution in [0.4, 0.5) is 5.82 Å². The van der Waals surface area contributed by atoms with E-state index in [9.17, 15) is 0 Å². The van der Waals surface area contributed by atoms with E-state index in [1.807, 2.05) is 12.3 Å². The average molecular weight is 339 g/mol. The molecular formula is C23H34N2. The van der Waals surface area contributed by atoms with E-state index in [-0.39, 0.29) is 0 Å². The number of benzene rings is 1. The fourth-order valence-electron chi connectivity index (χ4n) is 3.25. The fraction of sp³-hybridized carbons (Fsp3) is 0.522. The summed E-state index contributed by atoms with van der Waals surface area (Å²) >= 11 is 0. The van der Waals surface area contributed by atoms with Crippen molar-refractivity contribution in [3.63, 3.8) is 0 Å². The lowest BCUT2D eigenvalue weighted by Crippen LogP contribution is -2.26. The Morgan fingerprint density at radius 2 is 1.44 bits per heavy atom. The van der Waals surface area contributed by atoms with Crippen LogP contribution in [-0.2, 0) is 12.8 Å². The SMILES string of the molecule is CCCCCCN(CCCc1ccc(CCC)cc1)c1ccccn1. The second-order valence-corrected chi connectivity index (χ2v) is 6.91. The Hall–Kier alpha value is -1.83. The van der Waals surface area contributed by atoms with Crippen LogP contribution in [0, 0.1) is 0 Å². The van der Waals surface area contributed by atoms with Crippen molar-refractivity contribution in [2.75, 3.05) is 18.0 Å². The van der Waals surface area contributed by atoms with Crippen molar-refractivity contribution in [2.45, 2.75) is 65.2 Å². The summed E-state index contributed by atoms with van der Waals surface area (Å²) in [4.78, 5) is 7.02. The molecule has 2 heteroatoms. The van der Waals surface area contributed by atoms with Gasteiger partial charge in [0.05, 0.1) is 0 Å². The molecular weight excluding hydrogens is 304 g/mol. The number of aromatic nitrogens is 1. The first-order valence-electron chi connectivity index (χ1n) is 10.1. The van der Waals surface area contributed by atoms with Gasteiger partial charge < -0.3 is 4.90 Å². The minimum Gasteiger partial charge on any atom is -0.357 e. The molecule has 25 heavy (non-hydrogen) atoms. The summed E-state index contributed by atoms with van der Waals surface area (Å²) in [7, 11) is 0. The Morgan fingerprint density at radius 1 is 0.720 bits per heavy atom. The third kappa shape index (κ3) is 7.29. The van der Waals surface area contributed by atoms with Crippen LogP contribution >= 0.6 is 0 Å². The van der Waals surface area contributed by atoms with Crippen LogP contribution in [0.15, 0.2) is 48.7 Å². The molecule has 0 aliphatic carbocycles. The standard InChI is InChI=1S/C23H34N2/c1-3-5-6-9-19-25(23-13-7-8-18-24-23)20-10-12-22-16-14-21(11-4-2)15-17-22/h7-8,13-18H,3-6,9-12,19-20H2,1-2H3. The largest absolute Gasteiger partial charge is 0.357 e. The van der Waals surface area contributed by atoms with Gasteiger partial charge in [-0.2, -0.15) is 0 Å². The molecule has 0 radical (unpaired) electrons. The highest BCUT2D eigenvalue weighted by atomic mass is 15.2. The minimum absolute atomic E-state index is 1.08. The quantitative estimate of drug-likeness (QED) is 0.438. The summed E-state index contributed by atoms with van der Waals surface area (Å²) in [6.07, 6.45) is 11.8. The van der Waals surface area contributed by atoms with Gasteiger partial charge in [-0.3, -0.25) is 0 Å². The maximum absolute atomic E-state index is 4.56. The molecule has 0 amide bonds. The van der Waals surface area contributed by atoms with Gasteiger partial charge in [-0.25, -0.2) is 4.98 Å². The van der Waals surface area contributed by atoms with Gasteiger partial charge in [0, 0.05) is 19.3 Å². The van der Waals surface area contributed by atoms with Crippen LogP contribution in [-0.4, -0.2) is 18.1 Å². The second kappa shape index (κ2) is 11.7. The summed E-state index contributed by atoms with van der Waals surface area (Å²) in [6.45, 7) is 6.70. The van der Waals surface area contributed by atoms with Crippen LogP contribution in [0.2, 0.25) is 0 Å². The lowest BCUT2D eigenvalue weighted by molar-refractivity contribution is 0.628. The Labute approximate surface area is 154 Å². The van der Waals surface area contributed by atoms with Gasteiger partial charge in [0.15, 0.2) is 0 Å². The first-order chi connectivity index (χ1) is 12.3. The Morgan fingerprint density at radius 3 is 2.08 bits per heavy atom. The van der Waals surface area contributed by atoms with E-state index in [0.717, 1.165) is 25.3 Å². The highest BCUT2D eigenvalue weighted by Gasteiger charge is 2.07. The van der Waals surface area contributed by atoms with E-state index in [2.05, 4.69) is 60.1 Å². The number of nitrogens with zero attached hydrogens (tertiary/aromatic N) is 2. The second-order valence-electron chi connectivity index (χ2n) is 6.91. The lowest BCUT2D eigenvalue weighted by atomic mass is 10.0. The Kier molecular flexibility index (Phi) is 9.11. The number of hydrogen-bond acceptors (Lipinski definition) is 2. The molecule has 1 aromatic carbocycles. The number of unbranched alkanes of at least 4 members (excludes halogenated alkanes) is 3. The number of anilines is 1. The van der Waals surface area contributed by atoms with Crippen molar-refractivity contribution >= 4 is 5.82 Å². The van der Waals surface area contributed by atoms with Crippen molar-refractivity contribution in [3.8, 4) is 0 Å². The minimum atomic E-state index is 1.08. The monoisotopic (exact) mass is 338 g/mol. The van der Waals surface area contributed by atoms with Gasteiger partial charge in [0.2, 0.25) is 0 Å². The van der Waals surface area contributed by atoms with Gasteiger partial charge >= 0.3 is 0 Å². The molecule has 0 aliphatic heterocycles. The number of aryl methyl sites for hydroxylation is 2. The van der Waals surface area contributed by atoms with E-state index in [0.29, 0.717) is 0 Å². The van der Waals surface area contributed by atoms with Crippen molar-refractivity contribution in [1.82, 2.24) is 4.98 Å². The first-order valence-corrected chi connectivity index (χ1v) is 10.1. The van der Waals surface area contributed by atoms with Gasteiger partial charge in [-0.15, -0.1) is 0 Å². The van der Waals surface area contributed by atoms with Crippen molar-refractivity contribution in [2.24, 2.45) is 0 Å². The number of pyridine rings is 1. The van der Waals surface area contributed by atoms with Crippen molar-refractivity contribution < 1.29 is 0 Å². The summed E-state index contributed by atoms with van der Waals surface area (Å²) in [5, 5.41) is 0. The zero-order chi connectivity index (χ0) is 17.7. The predicted octanol–water partition coefficient (Wildman–Crippen LogP) is 6.05. The van der Waals surface area contributed by atoms with Gasteiger partial charge in [0.1, 0.15) is 5.82 Å². The summed E-state index contributed by atoms with van der Waals surface area (Å²) in [5.74, 6) is 1.12. The Bertz CT molecular complexity index is 562. The summed E-state index contributed by atoms with van der Waals surface area (Å²) < 4.78 is 0. The summed E-state index contributed by atoms with van der Waals surface area (Å²) in [5.41, 5.74) is 2.91. The van der Waals surface area contributed by atoms with Crippen LogP contribution in [0.3, 0.4) is 0 Å². The molecule has 0 atom stereocenters. The van der Waals surface area contributed by atoms with E-state index >= 15 is 0 Å². The zero-order valence-electron chi connectivity index (χ0n) is 16.1. The normalized spacial score (nSPS) is 10.8. The molecule has 2 rings (SSSR count). The molecule has 0 aliphatic rings. The fourth-order valence-corrected chi connectivity index (χ4v) is 3.25. The van der Waals surface area contributed by atoms with E-state index < -0.39 is 0 Å². The van der Waals surface area contributed by atoms with Crippen molar-refractivity contribution in [1.29, 1.82) is 0 Å². The smallest absolute Gasteiger partial charge is 0.128 e. The number of hydrogen-bond donors (Lipinski definition) is 0. The zero-order valence-corrected chi connectivity index (χ0v) is 16.1. The molecule has 2 aromatic rings. The predicted molar refractivity (Wildman–Crippen MR) is 109 cm³/mol. The highest BCUT2D eigenvalue weighted by Crippen LogP contribution is 2.14. The van der Waals surface area contributed by atoms with Gasteiger partial charge in [-0.1, -0.05) is 69.9 Å². The summed E-state index contributed by atoms with van der Waals surface area (Å²) in [6, 6.07) is 15.4. The number of rotatable bonds is 12. The van der Waals surface area contributed by atoms with Crippen LogP contribution < -0.4 is 4.90 Å². The molecule has 0 saturated heterocycles. The van der Waals surface area contributed by atoms with Gasteiger partial charge in [-0.05, 0) is 48.9 Å². The molecule has 1 heterocycles. The van der Waals surface area contributed by atoms with E-state index in [1.165, 1.54) is 56.1 Å². The maximum atomic E-state index is 4.56. The Balaban J connectivity index is 1.83. The molecule has 0 N–H and O–H groups in total. The first kappa shape index (κ1) is 19.5. The lowest BCUT2D eigenvalue weighted by Gasteiger charge is -2.23. The molecule has 0 bridgehead atoms. The van der Waals surface area contributed by atoms with E-state index in [1.54, 1.807) is 0 Å². The molecule has 0 spiro atoms. The third-order valence-electron chi connectivity index (χ3n) is 4.71. The molecule has 0 fully saturated rings. The maximum Gasteiger partial charge on any atom is 0.128 e. The molecule has 2 nitrogen and oxygen atoms in total. The van der Waals surface area contributed by atoms with Gasteiger partial charge in [0.25, 0.3) is 0 Å². The third-order valence-corrected chi connectivity index (χ3v) is 4.71. The van der Waals surface area contributed by atoms with Crippen LogP contribution in [0.25, 0.3) is 0 Å². The topological polar surface area (TPSA) is 16.1 Å².